The summed E-state index contributed by atoms with van der Waals surface area (Å²) < 4.78 is 13.8. The minimum absolute atomic E-state index is 0.126. The van der Waals surface area contributed by atoms with Crippen molar-refractivity contribution in [1.29, 1.82) is 0 Å². The number of halogens is 1. The summed E-state index contributed by atoms with van der Waals surface area (Å²) in [5.74, 6) is -0.126. The highest BCUT2D eigenvalue weighted by molar-refractivity contribution is 7.17. The van der Waals surface area contributed by atoms with Crippen LogP contribution in [0.1, 0.15) is 0 Å². The van der Waals surface area contributed by atoms with Crippen LogP contribution in [0.15, 0.2) is 29.6 Å². The Hall–Kier alpha value is -0.890. The number of fused-ring (bicyclic) bond motifs is 1. The van der Waals surface area contributed by atoms with Gasteiger partial charge in [0.05, 0.1) is 0 Å². The lowest BCUT2D eigenvalue weighted by atomic mass is 10.2. The van der Waals surface area contributed by atoms with E-state index in [-0.39, 0.29) is 5.82 Å². The van der Waals surface area contributed by atoms with E-state index in [4.69, 9.17) is 0 Å². The normalized spacial score (nSPS) is 10.5. The highest BCUT2D eigenvalue weighted by atomic mass is 32.1. The average Bonchev–Trinajstić information content (AvgIpc) is 2.36. The van der Waals surface area contributed by atoms with E-state index in [9.17, 15) is 4.39 Å². The van der Waals surface area contributed by atoms with Crippen molar-refractivity contribution < 1.29 is 4.39 Å². The molecule has 1 heterocycles. The van der Waals surface area contributed by atoms with Crippen LogP contribution in [-0.4, -0.2) is 0 Å². The summed E-state index contributed by atoms with van der Waals surface area (Å²) in [6.07, 6.45) is 0. The maximum Gasteiger partial charge on any atom is 0.131 e. The lowest BCUT2D eigenvalue weighted by Crippen LogP contribution is -1.70. The molecule has 2 aromatic rings. The van der Waals surface area contributed by atoms with Crippen LogP contribution in [0.2, 0.25) is 0 Å². The molecule has 0 spiro atoms. The van der Waals surface area contributed by atoms with E-state index in [1.807, 2.05) is 11.4 Å². The molecule has 0 fully saturated rings. The number of thiophene rings is 1. The van der Waals surface area contributed by atoms with Gasteiger partial charge in [0.2, 0.25) is 0 Å². The smallest absolute Gasteiger partial charge is 0.131 e. The fourth-order valence-corrected chi connectivity index (χ4v) is 1.76. The average molecular weight is 151 g/mol. The maximum atomic E-state index is 12.8. The zero-order chi connectivity index (χ0) is 6.97. The maximum absolute atomic E-state index is 12.8. The van der Waals surface area contributed by atoms with Gasteiger partial charge in [-0.15, -0.1) is 11.3 Å². The van der Waals surface area contributed by atoms with Gasteiger partial charge in [-0.3, -0.25) is 0 Å². The Morgan fingerprint density at radius 2 is 2.10 bits per heavy atom. The standard InChI is InChI=1S/C8H5FS/c9-7-2-1-3-8-6(7)4-5-10-8/h1-5H/i9-1. The molecule has 2 heteroatoms. The Morgan fingerprint density at radius 1 is 1.20 bits per heavy atom. The van der Waals surface area contributed by atoms with Crippen molar-refractivity contribution in [3.05, 3.63) is 35.5 Å². The molecule has 2 rings (SSSR count). The molecule has 0 saturated carbocycles. The van der Waals surface area contributed by atoms with E-state index >= 15 is 0 Å². The highest BCUT2D eigenvalue weighted by Crippen LogP contribution is 2.22. The van der Waals surface area contributed by atoms with Crippen LogP contribution in [-0.2, 0) is 0 Å². The fraction of sp³-hybridized carbons (Fsp3) is 0. The van der Waals surface area contributed by atoms with E-state index in [0.717, 1.165) is 10.1 Å². The molecule has 0 saturated heterocycles. The molecule has 50 valence electrons. The number of rotatable bonds is 0. The minimum Gasteiger partial charge on any atom is -0.206 e. The van der Waals surface area contributed by atoms with E-state index < -0.39 is 0 Å². The molecular formula is C8H5FS. The SMILES string of the molecule is [18F]c1cccc2sccc12. The van der Waals surface area contributed by atoms with E-state index in [1.165, 1.54) is 6.07 Å². The van der Waals surface area contributed by atoms with Gasteiger partial charge >= 0.3 is 0 Å². The van der Waals surface area contributed by atoms with Crippen molar-refractivity contribution in [3.63, 3.8) is 0 Å². The van der Waals surface area contributed by atoms with Crippen LogP contribution in [0.3, 0.4) is 0 Å². The van der Waals surface area contributed by atoms with Crippen molar-refractivity contribution in [2.75, 3.05) is 0 Å². The zero-order valence-electron chi connectivity index (χ0n) is 5.17. The molecule has 0 atom stereocenters. The Balaban J connectivity index is 2.95. The quantitative estimate of drug-likeness (QED) is 0.543. The Morgan fingerprint density at radius 3 is 2.90 bits per heavy atom. The molecule has 0 radical (unpaired) electrons. The molecule has 0 aliphatic rings. The first-order chi connectivity index (χ1) is 4.88. The summed E-state index contributed by atoms with van der Waals surface area (Å²) in [4.78, 5) is 0. The highest BCUT2D eigenvalue weighted by Gasteiger charge is 1.97. The van der Waals surface area contributed by atoms with Crippen LogP contribution in [0.4, 0.5) is 4.39 Å². The van der Waals surface area contributed by atoms with Crippen LogP contribution < -0.4 is 0 Å². The summed E-state index contributed by atoms with van der Waals surface area (Å²) in [6, 6.07) is 6.93. The van der Waals surface area contributed by atoms with Gasteiger partial charge in [0, 0.05) is 10.1 Å². The second kappa shape index (κ2) is 2.06. The molecule has 0 nitrogen and oxygen atoms in total. The fourth-order valence-electron chi connectivity index (χ4n) is 0.957. The molecule has 0 aliphatic carbocycles. The lowest BCUT2D eigenvalue weighted by molar-refractivity contribution is 0.640. The third-order valence-corrected chi connectivity index (χ3v) is 2.32. The molecule has 1 aromatic heterocycles. The molecule has 1 aromatic carbocycles. The van der Waals surface area contributed by atoms with Crippen molar-refractivity contribution in [2.45, 2.75) is 0 Å². The predicted octanol–water partition coefficient (Wildman–Crippen LogP) is 3.04. The van der Waals surface area contributed by atoms with Crippen LogP contribution in [0.5, 0.6) is 0 Å². The van der Waals surface area contributed by atoms with Crippen LogP contribution in [0, 0.1) is 5.82 Å². The van der Waals surface area contributed by atoms with Crippen molar-refractivity contribution in [1.82, 2.24) is 0 Å². The first-order valence-corrected chi connectivity index (χ1v) is 3.87. The minimum atomic E-state index is -0.126. The summed E-state index contributed by atoms with van der Waals surface area (Å²) in [5, 5.41) is 2.63. The third kappa shape index (κ3) is 0.727. The largest absolute Gasteiger partial charge is 0.206 e. The molecule has 0 aliphatic heterocycles. The van der Waals surface area contributed by atoms with Gasteiger partial charge in [-0.05, 0) is 23.6 Å². The van der Waals surface area contributed by atoms with Crippen molar-refractivity contribution >= 4 is 21.4 Å². The molecule has 0 amide bonds. The molecule has 0 bridgehead atoms. The van der Waals surface area contributed by atoms with Gasteiger partial charge in [0.15, 0.2) is 0 Å². The summed E-state index contributed by atoms with van der Waals surface area (Å²) in [6.45, 7) is 0. The van der Waals surface area contributed by atoms with Crippen LogP contribution >= 0.6 is 11.3 Å². The summed E-state index contributed by atoms with van der Waals surface area (Å²) >= 11 is 1.56. The first-order valence-electron chi connectivity index (χ1n) is 2.99. The summed E-state index contributed by atoms with van der Waals surface area (Å²) in [5.41, 5.74) is 0. The lowest BCUT2D eigenvalue weighted by Gasteiger charge is -1.88. The Labute approximate surface area is 61.9 Å². The van der Waals surface area contributed by atoms with E-state index in [1.54, 1.807) is 23.5 Å². The molecule has 0 N–H and O–H groups in total. The summed E-state index contributed by atoms with van der Waals surface area (Å²) in [7, 11) is 0. The number of hydrogen-bond donors (Lipinski definition) is 0. The molecule has 10 heavy (non-hydrogen) atoms. The van der Waals surface area contributed by atoms with Gasteiger partial charge < -0.3 is 0 Å². The number of benzene rings is 1. The van der Waals surface area contributed by atoms with Gasteiger partial charge in [-0.25, -0.2) is 4.39 Å². The predicted molar refractivity (Wildman–Crippen MR) is 41.8 cm³/mol. The third-order valence-electron chi connectivity index (χ3n) is 1.44. The van der Waals surface area contributed by atoms with Gasteiger partial charge in [-0.2, -0.15) is 0 Å². The number of hydrogen-bond acceptors (Lipinski definition) is 1. The molecular weight excluding hydrogens is 146 g/mol. The zero-order valence-corrected chi connectivity index (χ0v) is 5.99. The molecule has 0 unspecified atom stereocenters. The van der Waals surface area contributed by atoms with Gasteiger partial charge in [0.1, 0.15) is 5.82 Å². The first kappa shape index (κ1) is 5.86. The Kier molecular flexibility index (Phi) is 1.21. The second-order valence-electron chi connectivity index (χ2n) is 2.07. The monoisotopic (exact) mass is 151 g/mol. The van der Waals surface area contributed by atoms with Gasteiger partial charge in [0.25, 0.3) is 0 Å². The van der Waals surface area contributed by atoms with Crippen LogP contribution in [0.25, 0.3) is 10.1 Å². The Bertz CT molecular complexity index is 351. The second-order valence-corrected chi connectivity index (χ2v) is 3.02. The van der Waals surface area contributed by atoms with Crippen molar-refractivity contribution in [3.8, 4) is 0 Å². The van der Waals surface area contributed by atoms with Crippen molar-refractivity contribution in [2.24, 2.45) is 0 Å². The van der Waals surface area contributed by atoms with E-state index in [2.05, 4.69) is 0 Å². The van der Waals surface area contributed by atoms with Gasteiger partial charge in [-0.1, -0.05) is 6.07 Å². The van der Waals surface area contributed by atoms with E-state index in [0.29, 0.717) is 0 Å². The topological polar surface area (TPSA) is 0 Å².